The number of hydrogen-bond donors (Lipinski definition) is 7. The molecule has 3 atom stereocenters. The van der Waals surface area contributed by atoms with Gasteiger partial charge in [-0.15, -0.1) is 0 Å². The highest BCUT2D eigenvalue weighted by molar-refractivity contribution is 5.94. The molecule has 8 N–H and O–H groups in total. The van der Waals surface area contributed by atoms with E-state index in [1.807, 2.05) is 19.9 Å². The van der Waals surface area contributed by atoms with Crippen molar-refractivity contribution in [2.45, 2.75) is 77.6 Å². The minimum Gasteiger partial charge on any atom is -0.444 e. The van der Waals surface area contributed by atoms with Crippen LogP contribution in [0.15, 0.2) is 54.6 Å². The van der Waals surface area contributed by atoms with Crippen LogP contribution in [0.4, 0.5) is 4.79 Å². The third kappa shape index (κ3) is 15.2. The molecule has 7 amide bonds. The lowest BCUT2D eigenvalue weighted by molar-refractivity contribution is -0.132. The Bertz CT molecular complexity index is 1490. The van der Waals surface area contributed by atoms with E-state index in [9.17, 15) is 33.6 Å². The number of primary amides is 1. The van der Waals surface area contributed by atoms with Gasteiger partial charge in [0.15, 0.2) is 0 Å². The zero-order valence-corrected chi connectivity index (χ0v) is 29.4. The smallest absolute Gasteiger partial charge is 0.408 e. The first kappa shape index (κ1) is 40.7. The van der Waals surface area contributed by atoms with E-state index in [0.717, 1.165) is 5.56 Å². The minimum atomic E-state index is -1.16. The molecule has 0 bridgehead atoms. The highest BCUT2D eigenvalue weighted by Crippen LogP contribution is 2.11. The zero-order valence-electron chi connectivity index (χ0n) is 29.4. The first-order chi connectivity index (χ1) is 23.5. The van der Waals surface area contributed by atoms with Gasteiger partial charge in [0.05, 0.1) is 13.1 Å². The standard InChI is InChI=1S/C35H49N7O8/c1-21(2)16-25(31(46)37-6)41-33(48)27(17-22-10-8-7-9-11-22)40-29(44)20-38-28(43)19-39-32(47)26(42-34(49)50-35(3,4)5)18-23-12-14-24(15-13-23)30(36)45/h7-15,21,25-27H,16-20H2,1-6H3,(H2,36,45)(H,37,46)(H,38,43)(H,39,47)(H,40,44)(H,41,48)(H,42,49)/t25-,26-,27-/m0/s1. The lowest BCUT2D eigenvalue weighted by atomic mass is 10.0. The lowest BCUT2D eigenvalue weighted by Gasteiger charge is -2.24. The molecule has 0 heterocycles. The summed E-state index contributed by atoms with van der Waals surface area (Å²) in [5.41, 5.74) is 6.07. The number of nitrogens with one attached hydrogen (secondary N) is 6. The Hall–Kier alpha value is -5.47. The lowest BCUT2D eigenvalue weighted by Crippen LogP contribution is -2.55. The van der Waals surface area contributed by atoms with Crippen molar-refractivity contribution in [3.63, 3.8) is 0 Å². The largest absolute Gasteiger partial charge is 0.444 e. The highest BCUT2D eigenvalue weighted by Gasteiger charge is 2.28. The monoisotopic (exact) mass is 695 g/mol. The van der Waals surface area contributed by atoms with Gasteiger partial charge in [-0.05, 0) is 56.4 Å². The normalized spacial score (nSPS) is 12.8. The molecule has 2 aromatic carbocycles. The fourth-order valence-corrected chi connectivity index (χ4v) is 4.69. The van der Waals surface area contributed by atoms with Gasteiger partial charge in [-0.3, -0.25) is 28.8 Å². The van der Waals surface area contributed by atoms with E-state index < -0.39 is 72.4 Å². The van der Waals surface area contributed by atoms with Crippen LogP contribution in [0.5, 0.6) is 0 Å². The number of carbonyl (C=O) groups is 7. The SMILES string of the molecule is CNC(=O)[C@H](CC(C)C)NC(=O)[C@H](Cc1ccccc1)NC(=O)CNC(=O)CNC(=O)[C@H](Cc1ccc(C(N)=O)cc1)NC(=O)OC(C)(C)C. The molecule has 0 saturated heterocycles. The molecule has 0 aliphatic heterocycles. The van der Waals surface area contributed by atoms with Crippen LogP contribution in [0.25, 0.3) is 0 Å². The summed E-state index contributed by atoms with van der Waals surface area (Å²) in [6, 6.07) is 12.1. The number of benzene rings is 2. The molecular formula is C35H49N7O8. The van der Waals surface area contributed by atoms with Gasteiger partial charge in [0.2, 0.25) is 35.4 Å². The number of carbonyl (C=O) groups excluding carboxylic acids is 7. The van der Waals surface area contributed by atoms with Crippen molar-refractivity contribution < 1.29 is 38.3 Å². The molecule has 2 rings (SSSR count). The molecule has 272 valence electrons. The van der Waals surface area contributed by atoms with Crippen LogP contribution in [-0.2, 0) is 41.6 Å². The van der Waals surface area contributed by atoms with Gasteiger partial charge in [-0.1, -0.05) is 56.3 Å². The van der Waals surface area contributed by atoms with Crippen LogP contribution >= 0.6 is 0 Å². The van der Waals surface area contributed by atoms with Crippen LogP contribution in [0.2, 0.25) is 0 Å². The van der Waals surface area contributed by atoms with Crippen molar-refractivity contribution in [3.8, 4) is 0 Å². The Labute approximate surface area is 292 Å². The van der Waals surface area contributed by atoms with Crippen molar-refractivity contribution in [1.82, 2.24) is 31.9 Å². The van der Waals surface area contributed by atoms with E-state index in [0.29, 0.717) is 12.0 Å². The summed E-state index contributed by atoms with van der Waals surface area (Å²) in [5.74, 6) is -3.54. The summed E-state index contributed by atoms with van der Waals surface area (Å²) in [6.45, 7) is 7.78. The quantitative estimate of drug-likeness (QED) is 0.123. The molecule has 50 heavy (non-hydrogen) atoms. The third-order valence-electron chi connectivity index (χ3n) is 7.08. The van der Waals surface area contributed by atoms with Crippen molar-refractivity contribution in [2.75, 3.05) is 20.1 Å². The van der Waals surface area contributed by atoms with E-state index in [1.165, 1.54) is 19.2 Å². The van der Waals surface area contributed by atoms with Crippen LogP contribution < -0.4 is 37.6 Å². The van der Waals surface area contributed by atoms with Crippen molar-refractivity contribution >= 4 is 41.5 Å². The second-order valence-electron chi connectivity index (χ2n) is 13.1. The Kier molecular flexibility index (Phi) is 15.9. The van der Waals surface area contributed by atoms with Crippen molar-refractivity contribution in [1.29, 1.82) is 0 Å². The van der Waals surface area contributed by atoms with E-state index in [1.54, 1.807) is 57.2 Å². The van der Waals surface area contributed by atoms with Crippen LogP contribution in [0, 0.1) is 5.92 Å². The second-order valence-corrected chi connectivity index (χ2v) is 13.1. The van der Waals surface area contributed by atoms with Gasteiger partial charge >= 0.3 is 6.09 Å². The molecule has 0 aliphatic carbocycles. The van der Waals surface area contributed by atoms with E-state index in [4.69, 9.17) is 10.5 Å². The summed E-state index contributed by atoms with van der Waals surface area (Å²) >= 11 is 0. The number of hydrogen-bond acceptors (Lipinski definition) is 8. The van der Waals surface area contributed by atoms with Crippen molar-refractivity contribution in [2.24, 2.45) is 11.7 Å². The summed E-state index contributed by atoms with van der Waals surface area (Å²) < 4.78 is 5.27. The number of alkyl carbamates (subject to hydrolysis) is 1. The van der Waals surface area contributed by atoms with Gasteiger partial charge in [0.25, 0.3) is 0 Å². The fourth-order valence-electron chi connectivity index (χ4n) is 4.69. The maximum Gasteiger partial charge on any atom is 0.408 e. The average molecular weight is 696 g/mol. The molecule has 0 aliphatic rings. The van der Waals surface area contributed by atoms with E-state index in [2.05, 4.69) is 31.9 Å². The number of likely N-dealkylation sites (N-methyl/N-ethyl adjacent to an activating group) is 1. The average Bonchev–Trinajstić information content (AvgIpc) is 3.04. The predicted octanol–water partition coefficient (Wildman–Crippen LogP) is 0.458. The molecular weight excluding hydrogens is 646 g/mol. The van der Waals surface area contributed by atoms with Gasteiger partial charge in [-0.25, -0.2) is 4.79 Å². The first-order valence-corrected chi connectivity index (χ1v) is 16.2. The molecule has 2 aromatic rings. The summed E-state index contributed by atoms with van der Waals surface area (Å²) in [5, 5.41) is 15.2. The van der Waals surface area contributed by atoms with Crippen LogP contribution in [0.1, 0.15) is 62.5 Å². The second kappa shape index (κ2) is 19.5. The predicted molar refractivity (Wildman–Crippen MR) is 185 cm³/mol. The Morgan fingerprint density at radius 3 is 1.78 bits per heavy atom. The minimum absolute atomic E-state index is 0.00302. The Morgan fingerprint density at radius 1 is 0.680 bits per heavy atom. The molecule has 0 aromatic heterocycles. The van der Waals surface area contributed by atoms with Gasteiger partial charge < -0.3 is 42.4 Å². The molecule has 15 heteroatoms. The van der Waals surface area contributed by atoms with Crippen molar-refractivity contribution in [3.05, 3.63) is 71.3 Å². The van der Waals surface area contributed by atoms with Gasteiger partial charge in [-0.2, -0.15) is 0 Å². The third-order valence-corrected chi connectivity index (χ3v) is 7.08. The molecule has 0 radical (unpaired) electrons. The summed E-state index contributed by atoms with van der Waals surface area (Å²) in [4.78, 5) is 88.2. The summed E-state index contributed by atoms with van der Waals surface area (Å²) in [7, 11) is 1.47. The number of amides is 7. The van der Waals surface area contributed by atoms with E-state index in [-0.39, 0.29) is 30.2 Å². The number of ether oxygens (including phenoxy) is 1. The maximum absolute atomic E-state index is 13.3. The first-order valence-electron chi connectivity index (χ1n) is 16.2. The van der Waals surface area contributed by atoms with Gasteiger partial charge in [0, 0.05) is 25.5 Å². The van der Waals surface area contributed by atoms with Gasteiger partial charge in [0.1, 0.15) is 23.7 Å². The van der Waals surface area contributed by atoms with E-state index >= 15 is 0 Å². The molecule has 0 spiro atoms. The highest BCUT2D eigenvalue weighted by atomic mass is 16.6. The Morgan fingerprint density at radius 2 is 1.24 bits per heavy atom. The van der Waals surface area contributed by atoms with Crippen LogP contribution in [-0.4, -0.2) is 85.4 Å². The van der Waals surface area contributed by atoms with Crippen LogP contribution in [0.3, 0.4) is 0 Å². The fraction of sp³-hybridized carbons (Fsp3) is 0.457. The number of rotatable bonds is 17. The zero-order chi connectivity index (χ0) is 37.4. The molecule has 0 fully saturated rings. The summed E-state index contributed by atoms with van der Waals surface area (Å²) in [6.07, 6.45) is -0.347. The Balaban J connectivity index is 2.04. The maximum atomic E-state index is 13.3. The molecule has 15 nitrogen and oxygen atoms in total. The molecule has 0 saturated carbocycles. The number of nitrogens with two attached hydrogens (primary N) is 1. The molecule has 0 unspecified atom stereocenters. The topological polar surface area (TPSA) is 227 Å².